The lowest BCUT2D eigenvalue weighted by Gasteiger charge is -2.22. The van der Waals surface area contributed by atoms with Gasteiger partial charge in [-0.05, 0) is 63.1 Å². The van der Waals surface area contributed by atoms with Crippen molar-refractivity contribution in [2.75, 3.05) is 33.4 Å². The van der Waals surface area contributed by atoms with E-state index in [1.54, 1.807) is 14.0 Å². The van der Waals surface area contributed by atoms with Crippen LogP contribution in [0.15, 0.2) is 55.2 Å². The second kappa shape index (κ2) is 17.9. The molecule has 1 saturated heterocycles. The van der Waals surface area contributed by atoms with Crippen LogP contribution in [0.5, 0.6) is 11.5 Å². The summed E-state index contributed by atoms with van der Waals surface area (Å²) in [5, 5.41) is 0. The Morgan fingerprint density at radius 2 is 2.03 bits per heavy atom. The van der Waals surface area contributed by atoms with Gasteiger partial charge in [-0.15, -0.1) is 13.2 Å². The Balaban J connectivity index is 0.00000281. The fraction of sp³-hybridized carbons (Fsp3) is 0.552. The van der Waals surface area contributed by atoms with Crippen molar-refractivity contribution in [2.24, 2.45) is 0 Å². The zero-order valence-corrected chi connectivity index (χ0v) is 21.8. The summed E-state index contributed by atoms with van der Waals surface area (Å²) in [6.45, 7) is 14.8. The van der Waals surface area contributed by atoms with Crippen LogP contribution < -0.4 is 9.47 Å². The molecule has 0 spiro atoms. The van der Waals surface area contributed by atoms with Crippen LogP contribution in [-0.4, -0.2) is 50.3 Å². The highest BCUT2D eigenvalue weighted by molar-refractivity contribution is 5.73. The Labute approximate surface area is 207 Å². The minimum Gasteiger partial charge on any atom is -0.493 e. The number of hydrogen-bond acceptors (Lipinski definition) is 4. The molecule has 1 aromatic rings. The molecule has 34 heavy (non-hydrogen) atoms. The molecule has 5 nitrogen and oxygen atoms in total. The molecule has 1 aliphatic rings. The molecule has 190 valence electrons. The molecule has 1 fully saturated rings. The van der Waals surface area contributed by atoms with Crippen molar-refractivity contribution in [1.29, 1.82) is 0 Å². The van der Waals surface area contributed by atoms with E-state index in [0.717, 1.165) is 75.2 Å². The predicted molar refractivity (Wildman–Crippen MR) is 142 cm³/mol. The molecule has 0 aromatic heterocycles. The van der Waals surface area contributed by atoms with Crippen molar-refractivity contribution in [1.82, 2.24) is 4.90 Å². The Bertz CT molecular complexity index is 765. The summed E-state index contributed by atoms with van der Waals surface area (Å²) in [6.07, 6.45) is 13.8. The Kier molecular flexibility index (Phi) is 15.5. The minimum absolute atomic E-state index is 0.0751. The summed E-state index contributed by atoms with van der Waals surface area (Å²) >= 11 is 0. The highest BCUT2D eigenvalue weighted by Gasteiger charge is 2.19. The van der Waals surface area contributed by atoms with Crippen molar-refractivity contribution >= 4 is 5.91 Å². The van der Waals surface area contributed by atoms with E-state index in [-0.39, 0.29) is 12.0 Å². The first-order chi connectivity index (χ1) is 16.6. The van der Waals surface area contributed by atoms with Crippen molar-refractivity contribution in [2.45, 2.75) is 71.8 Å². The number of rotatable bonds is 14. The highest BCUT2D eigenvalue weighted by Crippen LogP contribution is 2.30. The average Bonchev–Trinajstić information content (AvgIpc) is 3.35. The summed E-state index contributed by atoms with van der Waals surface area (Å²) < 4.78 is 17.0. The topological polar surface area (TPSA) is 48.0 Å². The van der Waals surface area contributed by atoms with Crippen LogP contribution in [-0.2, 0) is 16.0 Å². The molecule has 0 N–H and O–H groups in total. The smallest absolute Gasteiger partial charge is 0.219 e. The predicted octanol–water partition coefficient (Wildman–Crippen LogP) is 6.53. The minimum atomic E-state index is 0.0751. The van der Waals surface area contributed by atoms with E-state index >= 15 is 0 Å². The quantitative estimate of drug-likeness (QED) is 0.290. The highest BCUT2D eigenvalue weighted by atomic mass is 16.6. The van der Waals surface area contributed by atoms with Gasteiger partial charge in [-0.1, -0.05) is 36.8 Å². The number of benzene rings is 1. The third kappa shape index (κ3) is 11.1. The molecule has 0 radical (unpaired) electrons. The van der Waals surface area contributed by atoms with Crippen molar-refractivity contribution < 1.29 is 19.0 Å². The Morgan fingerprint density at radius 3 is 2.65 bits per heavy atom. The van der Waals surface area contributed by atoms with Crippen LogP contribution in [0.1, 0.15) is 64.9 Å². The number of allylic oxidation sites excluding steroid dienone is 4. The molecule has 1 heterocycles. The molecule has 5 heteroatoms. The first kappa shape index (κ1) is 29.5. The SMILES string of the molecule is C/C=C\CC/C(=C\CC)CCCN(CCc1ccc(OC)c(OC2CCOC2)c1)C(C)=O.C=C. The van der Waals surface area contributed by atoms with E-state index in [1.165, 1.54) is 5.57 Å². The number of carbonyl (C=O) groups is 1. The van der Waals surface area contributed by atoms with Crippen LogP contribution in [0.2, 0.25) is 0 Å². The van der Waals surface area contributed by atoms with Gasteiger partial charge >= 0.3 is 0 Å². The van der Waals surface area contributed by atoms with Gasteiger partial charge < -0.3 is 19.1 Å². The van der Waals surface area contributed by atoms with Gasteiger partial charge in [0.2, 0.25) is 5.91 Å². The van der Waals surface area contributed by atoms with E-state index < -0.39 is 0 Å². The van der Waals surface area contributed by atoms with Gasteiger partial charge in [0, 0.05) is 26.4 Å². The van der Waals surface area contributed by atoms with Gasteiger partial charge in [0.05, 0.1) is 20.3 Å². The molecule has 1 aromatic carbocycles. The molecule has 0 bridgehead atoms. The lowest BCUT2D eigenvalue weighted by atomic mass is 10.0. The number of carbonyl (C=O) groups excluding carboxylic acids is 1. The third-order valence-electron chi connectivity index (χ3n) is 5.81. The van der Waals surface area contributed by atoms with E-state index in [2.05, 4.69) is 51.3 Å². The van der Waals surface area contributed by atoms with Gasteiger partial charge in [-0.25, -0.2) is 0 Å². The van der Waals surface area contributed by atoms with Gasteiger partial charge in [-0.3, -0.25) is 4.79 Å². The molecule has 0 aliphatic carbocycles. The average molecular weight is 472 g/mol. The first-order valence-electron chi connectivity index (χ1n) is 12.5. The Morgan fingerprint density at radius 1 is 1.24 bits per heavy atom. The van der Waals surface area contributed by atoms with Gasteiger partial charge in [0.15, 0.2) is 11.5 Å². The number of hydrogen-bond donors (Lipinski definition) is 0. The monoisotopic (exact) mass is 471 g/mol. The van der Waals surface area contributed by atoms with Crippen molar-refractivity contribution in [3.05, 3.63) is 60.7 Å². The molecule has 1 aliphatic heterocycles. The number of ether oxygens (including phenoxy) is 3. The molecular formula is C29H45NO4. The molecular weight excluding hydrogens is 426 g/mol. The maximum absolute atomic E-state index is 12.2. The van der Waals surface area contributed by atoms with E-state index in [4.69, 9.17) is 14.2 Å². The summed E-state index contributed by atoms with van der Waals surface area (Å²) in [4.78, 5) is 14.2. The molecule has 1 unspecified atom stereocenters. The molecule has 2 rings (SSSR count). The second-order valence-electron chi connectivity index (χ2n) is 8.33. The summed E-state index contributed by atoms with van der Waals surface area (Å²) in [7, 11) is 1.66. The zero-order chi connectivity index (χ0) is 25.2. The third-order valence-corrected chi connectivity index (χ3v) is 5.81. The lowest BCUT2D eigenvalue weighted by Crippen LogP contribution is -2.31. The fourth-order valence-corrected chi connectivity index (χ4v) is 4.00. The second-order valence-corrected chi connectivity index (χ2v) is 8.33. The van der Waals surface area contributed by atoms with E-state index in [9.17, 15) is 4.79 Å². The van der Waals surface area contributed by atoms with Crippen LogP contribution in [0.3, 0.4) is 0 Å². The van der Waals surface area contributed by atoms with Crippen LogP contribution >= 0.6 is 0 Å². The summed E-state index contributed by atoms with van der Waals surface area (Å²) in [6, 6.07) is 6.04. The first-order valence-corrected chi connectivity index (χ1v) is 12.5. The van der Waals surface area contributed by atoms with Gasteiger partial charge in [0.1, 0.15) is 6.10 Å². The Hall–Kier alpha value is -2.53. The maximum Gasteiger partial charge on any atom is 0.219 e. The van der Waals surface area contributed by atoms with E-state index in [1.807, 2.05) is 17.0 Å². The summed E-state index contributed by atoms with van der Waals surface area (Å²) in [5.74, 6) is 1.62. The maximum atomic E-state index is 12.2. The van der Waals surface area contributed by atoms with Gasteiger partial charge in [0.25, 0.3) is 0 Å². The van der Waals surface area contributed by atoms with Crippen molar-refractivity contribution in [3.63, 3.8) is 0 Å². The largest absolute Gasteiger partial charge is 0.493 e. The number of methoxy groups -OCH3 is 1. The zero-order valence-electron chi connectivity index (χ0n) is 21.8. The van der Waals surface area contributed by atoms with Crippen LogP contribution in [0.25, 0.3) is 0 Å². The summed E-state index contributed by atoms with van der Waals surface area (Å²) in [5.41, 5.74) is 2.64. The van der Waals surface area contributed by atoms with Crippen LogP contribution in [0, 0.1) is 0 Å². The fourth-order valence-electron chi connectivity index (χ4n) is 4.00. The molecule has 1 atom stereocenters. The normalized spacial score (nSPS) is 15.6. The number of amides is 1. The lowest BCUT2D eigenvalue weighted by molar-refractivity contribution is -0.128. The molecule has 1 amide bonds. The van der Waals surface area contributed by atoms with Crippen LogP contribution in [0.4, 0.5) is 0 Å². The van der Waals surface area contributed by atoms with Gasteiger partial charge in [-0.2, -0.15) is 0 Å². The number of nitrogens with zero attached hydrogens (tertiary/aromatic N) is 1. The molecule has 0 saturated carbocycles. The van der Waals surface area contributed by atoms with E-state index in [0.29, 0.717) is 13.2 Å². The standard InChI is InChI=1S/C27H41NO4.C2H4/c1-5-7-8-11-23(10-6-2)12-9-17-28(22(3)29)18-15-24-13-14-26(30-4)27(20-24)32-25-16-19-31-21-25;1-2/h5,7,10,13-14,20,25H,6,8-9,11-12,15-19,21H2,1-4H3;1-2H2/b7-5-,23-10+;. The van der Waals surface area contributed by atoms with Crippen molar-refractivity contribution in [3.8, 4) is 11.5 Å².